The molecule has 0 saturated carbocycles. The highest BCUT2D eigenvalue weighted by atomic mass is 31.2. The van der Waals surface area contributed by atoms with Gasteiger partial charge in [0.2, 0.25) is 0 Å². The molecule has 0 amide bonds. The van der Waals surface area contributed by atoms with Gasteiger partial charge in [-0.3, -0.25) is 37.3 Å². The zero-order valence-corrected chi connectivity index (χ0v) is 70.5. The molecule has 0 bridgehead atoms. The molecule has 19 heteroatoms. The van der Waals surface area contributed by atoms with Gasteiger partial charge in [-0.1, -0.05) is 297 Å². The molecule has 0 spiro atoms. The van der Waals surface area contributed by atoms with Gasteiger partial charge < -0.3 is 33.8 Å². The number of hydrogen-bond donors (Lipinski definition) is 3. The molecule has 0 fully saturated rings. The second kappa shape index (κ2) is 82.1. The summed E-state index contributed by atoms with van der Waals surface area (Å²) in [6.07, 6.45) is 106. The molecular formula is C93H144O17P2. The highest BCUT2D eigenvalue weighted by molar-refractivity contribution is 7.47. The van der Waals surface area contributed by atoms with Crippen molar-refractivity contribution in [2.24, 2.45) is 0 Å². The van der Waals surface area contributed by atoms with Crippen LogP contribution in [0.2, 0.25) is 0 Å². The Hall–Kier alpha value is -6.88. The standard InChI is InChI=1S/C93H144O17P2/c1-5-9-13-17-21-25-29-33-37-40-43-46-50-54-58-62-66-70-74-78-91(96)104-84-89(110-93(98)80-76-72-68-64-60-56-52-48-45-42-39-35-31-27-23-19-15-11-7-3)86-108-112(101,102)106-82-87(94)81-105-111(99,100)107-85-88(83-103-90(95)77-73-69-65-61-57-53-49-36-32-28-24-20-16-12-8-4)109-92(97)79-75-71-67-63-59-55-51-47-44-41-38-34-30-26-22-18-14-10-6-2/h9-11,13-15,21-28,33-39,43-49,54-56,58-60,67-68,71-72,87-89,94H,5-8,12,16-20,29-32,40-42,50-53,57,61-66,69-70,73-86H2,1-4H3,(H,99,100)(H,101,102)/b13-9-,14-10-,15-11-,25-21-,26-22-,27-23-,28-24-,37-33-,38-34-,39-35-,46-43-,47-44-,48-45-,49-36-,58-54-,59-55-,60-56-,71-67-,72-68-/t87-,88+,89+/m0/s1. The highest BCUT2D eigenvalue weighted by Crippen LogP contribution is 2.45. The van der Waals surface area contributed by atoms with Gasteiger partial charge in [-0.25, -0.2) is 9.13 Å². The molecule has 17 nitrogen and oxygen atoms in total. The van der Waals surface area contributed by atoms with Crippen molar-refractivity contribution in [3.05, 3.63) is 231 Å². The number of ether oxygens (including phenoxy) is 4. The number of unbranched alkanes of at least 4 members (excludes halogenated alkanes) is 11. The monoisotopic (exact) mass is 1590 g/mol. The van der Waals surface area contributed by atoms with Crippen LogP contribution in [0.4, 0.5) is 0 Å². The normalized spacial score (nSPS) is 15.0. The molecule has 2 unspecified atom stereocenters. The van der Waals surface area contributed by atoms with Gasteiger partial charge in [0.25, 0.3) is 0 Å². The largest absolute Gasteiger partial charge is 0.472 e. The van der Waals surface area contributed by atoms with Crippen LogP contribution in [0.5, 0.6) is 0 Å². The Labute approximate surface area is 676 Å². The van der Waals surface area contributed by atoms with Crippen LogP contribution in [-0.4, -0.2) is 96.7 Å². The minimum absolute atomic E-state index is 0.0459. The predicted octanol–water partition coefficient (Wildman–Crippen LogP) is 25.0. The highest BCUT2D eigenvalue weighted by Gasteiger charge is 2.30. The lowest BCUT2D eigenvalue weighted by Gasteiger charge is -2.21. The number of aliphatic hydroxyl groups excluding tert-OH is 1. The summed E-state index contributed by atoms with van der Waals surface area (Å²) in [5.41, 5.74) is 0. The van der Waals surface area contributed by atoms with Crippen LogP contribution in [-0.2, 0) is 65.4 Å². The first-order chi connectivity index (χ1) is 54.7. The van der Waals surface area contributed by atoms with E-state index < -0.39 is 97.5 Å². The van der Waals surface area contributed by atoms with E-state index in [4.69, 9.17) is 37.0 Å². The topological polar surface area (TPSA) is 237 Å². The molecule has 0 aromatic carbocycles. The van der Waals surface area contributed by atoms with E-state index in [1.54, 1.807) is 0 Å². The Morgan fingerprint density at radius 1 is 0.259 bits per heavy atom. The number of phosphoric ester groups is 2. The Bertz CT molecular complexity index is 3040. The van der Waals surface area contributed by atoms with E-state index in [0.29, 0.717) is 38.5 Å². The van der Waals surface area contributed by atoms with E-state index in [0.717, 1.165) is 161 Å². The first-order valence-electron chi connectivity index (χ1n) is 41.6. The molecule has 5 atom stereocenters. The van der Waals surface area contributed by atoms with E-state index in [1.165, 1.54) is 19.3 Å². The number of carbonyl (C=O) groups excluding carboxylic acids is 4. The molecule has 0 saturated heterocycles. The fourth-order valence-electron chi connectivity index (χ4n) is 9.92. The fraction of sp³-hybridized carbons (Fsp3) is 0.548. The molecule has 3 N–H and O–H groups in total. The van der Waals surface area contributed by atoms with E-state index in [2.05, 4.69) is 222 Å². The lowest BCUT2D eigenvalue weighted by molar-refractivity contribution is -0.161. The van der Waals surface area contributed by atoms with E-state index in [1.807, 2.05) is 36.5 Å². The zero-order valence-electron chi connectivity index (χ0n) is 68.7. The third-order valence-corrected chi connectivity index (χ3v) is 18.0. The Morgan fingerprint density at radius 3 is 0.759 bits per heavy atom. The van der Waals surface area contributed by atoms with E-state index in [9.17, 15) is 43.2 Å². The van der Waals surface area contributed by atoms with Crippen LogP contribution in [0.3, 0.4) is 0 Å². The van der Waals surface area contributed by atoms with Gasteiger partial charge in [-0.15, -0.1) is 0 Å². The lowest BCUT2D eigenvalue weighted by atomic mass is 10.1. The van der Waals surface area contributed by atoms with E-state index >= 15 is 0 Å². The van der Waals surface area contributed by atoms with Crippen LogP contribution < -0.4 is 0 Å². The van der Waals surface area contributed by atoms with Crippen molar-refractivity contribution in [3.8, 4) is 0 Å². The van der Waals surface area contributed by atoms with Gasteiger partial charge in [0.1, 0.15) is 19.3 Å². The molecule has 0 aromatic heterocycles. The van der Waals surface area contributed by atoms with Crippen LogP contribution in [0.1, 0.15) is 272 Å². The molecular weight excluding hydrogens is 1450 g/mol. The maximum absolute atomic E-state index is 13.1. The van der Waals surface area contributed by atoms with Gasteiger partial charge in [-0.05, 0) is 180 Å². The Kier molecular flexibility index (Phi) is 77.1. The minimum Gasteiger partial charge on any atom is -0.462 e. The third-order valence-electron chi connectivity index (χ3n) is 16.1. The first kappa shape index (κ1) is 105. The Morgan fingerprint density at radius 2 is 0.482 bits per heavy atom. The quantitative estimate of drug-likeness (QED) is 0.0169. The van der Waals surface area contributed by atoms with Crippen LogP contribution in [0.15, 0.2) is 231 Å². The predicted molar refractivity (Wildman–Crippen MR) is 463 cm³/mol. The first-order valence-corrected chi connectivity index (χ1v) is 44.6. The molecule has 0 aliphatic heterocycles. The van der Waals surface area contributed by atoms with Crippen molar-refractivity contribution in [2.45, 2.75) is 290 Å². The minimum atomic E-state index is -5.03. The van der Waals surface area contributed by atoms with Gasteiger partial charge in [0, 0.05) is 25.7 Å². The third kappa shape index (κ3) is 81.1. The molecule has 0 aliphatic carbocycles. The lowest BCUT2D eigenvalue weighted by Crippen LogP contribution is -2.30. The number of esters is 4. The summed E-state index contributed by atoms with van der Waals surface area (Å²) < 4.78 is 68.5. The summed E-state index contributed by atoms with van der Waals surface area (Å²) in [4.78, 5) is 73.2. The second-order valence-corrected chi connectivity index (χ2v) is 29.5. The molecule has 628 valence electrons. The number of hydrogen-bond acceptors (Lipinski definition) is 15. The maximum atomic E-state index is 13.1. The number of phosphoric acid groups is 2. The van der Waals surface area contributed by atoms with Gasteiger partial charge in [-0.2, -0.15) is 0 Å². The van der Waals surface area contributed by atoms with Gasteiger partial charge >= 0.3 is 39.5 Å². The average Bonchev–Trinajstić information content (AvgIpc) is 0.907. The van der Waals surface area contributed by atoms with Crippen LogP contribution >= 0.6 is 15.6 Å². The number of aliphatic hydroxyl groups is 1. The van der Waals surface area contributed by atoms with Crippen molar-refractivity contribution >= 4 is 39.5 Å². The van der Waals surface area contributed by atoms with Crippen molar-refractivity contribution in [1.29, 1.82) is 0 Å². The van der Waals surface area contributed by atoms with Crippen LogP contribution in [0.25, 0.3) is 0 Å². The van der Waals surface area contributed by atoms with Crippen molar-refractivity contribution in [1.82, 2.24) is 0 Å². The number of carbonyl (C=O) groups is 4. The number of allylic oxidation sites excluding steroid dienone is 38. The van der Waals surface area contributed by atoms with Crippen LogP contribution in [0, 0.1) is 0 Å². The molecule has 0 aromatic rings. The Balaban J connectivity index is 5.60. The maximum Gasteiger partial charge on any atom is 0.472 e. The number of rotatable bonds is 75. The zero-order chi connectivity index (χ0) is 81.7. The smallest absolute Gasteiger partial charge is 0.462 e. The second-order valence-electron chi connectivity index (χ2n) is 26.6. The summed E-state index contributed by atoms with van der Waals surface area (Å²) in [5, 5.41) is 10.7. The molecule has 0 radical (unpaired) electrons. The van der Waals surface area contributed by atoms with Gasteiger partial charge in [0.15, 0.2) is 12.2 Å². The SMILES string of the molecule is CC/C=C\C/C=C\C/C=C\C/C=C\C/C=C\C/C=C\CCC(=O)O[C@H](COC(=O)CCCCC/C=C\C/C=C\C/C=C\C/C=C\C/C=C\CC)COP(=O)(O)OC[C@@H](O)COP(=O)(O)OC[C@@H](COC(=O)CCCCCCC/C=C\C/C=C\CCCCC)OC(=O)CC/C=C\C/C=C\C/C=C\C/C=C\C/C=C\C/C=C\CC. The molecule has 112 heavy (non-hydrogen) atoms. The fourth-order valence-corrected chi connectivity index (χ4v) is 11.5. The van der Waals surface area contributed by atoms with Crippen molar-refractivity contribution in [3.63, 3.8) is 0 Å². The van der Waals surface area contributed by atoms with Crippen molar-refractivity contribution < 1.29 is 80.2 Å². The van der Waals surface area contributed by atoms with Gasteiger partial charge in [0.05, 0.1) is 26.4 Å². The summed E-state index contributed by atoms with van der Waals surface area (Å²) in [6, 6.07) is 0. The average molecular weight is 1600 g/mol. The summed E-state index contributed by atoms with van der Waals surface area (Å²) in [7, 11) is -10.1. The molecule has 0 aliphatic rings. The molecule has 0 rings (SSSR count). The summed E-state index contributed by atoms with van der Waals surface area (Å²) >= 11 is 0. The summed E-state index contributed by atoms with van der Waals surface area (Å²) in [5.74, 6) is -2.45. The van der Waals surface area contributed by atoms with E-state index in [-0.39, 0.29) is 25.7 Å². The summed E-state index contributed by atoms with van der Waals surface area (Å²) in [6.45, 7) is 4.24. The van der Waals surface area contributed by atoms with Crippen molar-refractivity contribution in [2.75, 3.05) is 39.6 Å². The molecule has 0 heterocycles.